The van der Waals surface area contributed by atoms with E-state index in [1.54, 1.807) is 26.1 Å². The number of aromatic nitrogens is 2. The van der Waals surface area contributed by atoms with E-state index < -0.39 is 23.1 Å². The molecule has 1 N–H and O–H groups in total. The predicted octanol–water partition coefficient (Wildman–Crippen LogP) is 2.18. The maximum atomic E-state index is 13.3. The fourth-order valence-electron chi connectivity index (χ4n) is 4.24. The van der Waals surface area contributed by atoms with Crippen molar-refractivity contribution >= 4 is 11.8 Å². The Labute approximate surface area is 196 Å². The molecule has 0 aliphatic carbocycles. The zero-order valence-corrected chi connectivity index (χ0v) is 19.7. The van der Waals surface area contributed by atoms with Gasteiger partial charge in [-0.3, -0.25) is 18.8 Å². The molecule has 0 bridgehead atoms. The molecule has 0 spiro atoms. The van der Waals surface area contributed by atoms with Gasteiger partial charge in [0.25, 0.3) is 5.56 Å². The second kappa shape index (κ2) is 9.56. The fourth-order valence-corrected chi connectivity index (χ4v) is 4.24. The SMILES string of the molecule is CC1=C(C(=O)OCCN(C)Cc2ccccc2)C(c2ccco2)c2c(n(C)c(=O)n(C)c2=O)N1. The number of fused-ring (bicyclic) bond motifs is 1. The van der Waals surface area contributed by atoms with E-state index in [0.29, 0.717) is 23.8 Å². The van der Waals surface area contributed by atoms with Crippen LogP contribution in [0.1, 0.15) is 29.7 Å². The molecule has 0 saturated carbocycles. The van der Waals surface area contributed by atoms with E-state index in [0.717, 1.165) is 11.1 Å². The van der Waals surface area contributed by atoms with Crippen molar-refractivity contribution in [3.63, 3.8) is 0 Å². The van der Waals surface area contributed by atoms with E-state index in [1.165, 1.54) is 23.4 Å². The maximum absolute atomic E-state index is 13.3. The Balaban J connectivity index is 1.59. The van der Waals surface area contributed by atoms with Crippen molar-refractivity contribution in [3.05, 3.63) is 97.7 Å². The summed E-state index contributed by atoms with van der Waals surface area (Å²) in [6.45, 7) is 3.17. The number of furan rings is 1. The molecule has 3 heterocycles. The summed E-state index contributed by atoms with van der Waals surface area (Å²) < 4.78 is 13.6. The quantitative estimate of drug-likeness (QED) is 0.535. The number of allylic oxidation sites excluding steroid dienone is 1. The first kappa shape index (κ1) is 23.3. The number of likely N-dealkylation sites (N-methyl/N-ethyl adjacent to an activating group) is 1. The lowest BCUT2D eigenvalue weighted by atomic mass is 9.85. The Hall–Kier alpha value is -3.85. The van der Waals surface area contributed by atoms with E-state index in [9.17, 15) is 14.4 Å². The van der Waals surface area contributed by atoms with Crippen LogP contribution in [0.4, 0.5) is 5.82 Å². The first-order chi connectivity index (χ1) is 16.3. The van der Waals surface area contributed by atoms with Gasteiger partial charge in [0.15, 0.2) is 0 Å². The van der Waals surface area contributed by atoms with Gasteiger partial charge in [-0.1, -0.05) is 30.3 Å². The fraction of sp³-hybridized carbons (Fsp3) is 0.320. The number of hydrogen-bond acceptors (Lipinski definition) is 7. The molecule has 0 amide bonds. The minimum absolute atomic E-state index is 0.183. The van der Waals surface area contributed by atoms with Gasteiger partial charge in [0.2, 0.25) is 0 Å². The van der Waals surface area contributed by atoms with E-state index in [-0.39, 0.29) is 17.7 Å². The molecule has 0 saturated heterocycles. The van der Waals surface area contributed by atoms with Crippen LogP contribution in [0.3, 0.4) is 0 Å². The van der Waals surface area contributed by atoms with E-state index in [4.69, 9.17) is 9.15 Å². The summed E-state index contributed by atoms with van der Waals surface area (Å²) in [5.41, 5.74) is 1.26. The molecule has 1 aliphatic heterocycles. The van der Waals surface area contributed by atoms with Gasteiger partial charge < -0.3 is 14.5 Å². The molecule has 1 aromatic carbocycles. The van der Waals surface area contributed by atoms with Crippen LogP contribution in [0.25, 0.3) is 0 Å². The molecule has 1 atom stereocenters. The molecular formula is C25H28N4O5. The van der Waals surface area contributed by atoms with Crippen molar-refractivity contribution < 1.29 is 13.9 Å². The molecule has 178 valence electrons. The molecule has 3 aromatic rings. The van der Waals surface area contributed by atoms with E-state index in [1.807, 2.05) is 37.4 Å². The van der Waals surface area contributed by atoms with Crippen molar-refractivity contribution in [2.75, 3.05) is 25.5 Å². The summed E-state index contributed by atoms with van der Waals surface area (Å²) >= 11 is 0. The largest absolute Gasteiger partial charge is 0.468 e. The van der Waals surface area contributed by atoms with Gasteiger partial charge >= 0.3 is 11.7 Å². The van der Waals surface area contributed by atoms with Crippen molar-refractivity contribution in [2.45, 2.75) is 19.4 Å². The summed E-state index contributed by atoms with van der Waals surface area (Å²) in [4.78, 5) is 40.9. The maximum Gasteiger partial charge on any atom is 0.336 e. The molecule has 4 rings (SSSR count). The number of nitrogens with one attached hydrogen (secondary N) is 1. The topological polar surface area (TPSA) is 98.7 Å². The zero-order chi connectivity index (χ0) is 24.4. The second-order valence-corrected chi connectivity index (χ2v) is 8.44. The Morgan fingerprint density at radius 3 is 2.53 bits per heavy atom. The number of carbonyl (C=O) groups excluding carboxylic acids is 1. The van der Waals surface area contributed by atoms with Crippen molar-refractivity contribution in [2.24, 2.45) is 14.1 Å². The van der Waals surface area contributed by atoms with Gasteiger partial charge in [0.1, 0.15) is 18.2 Å². The number of carbonyl (C=O) groups is 1. The molecule has 1 aliphatic rings. The number of rotatable bonds is 7. The summed E-state index contributed by atoms with van der Waals surface area (Å²) in [6, 6.07) is 13.4. The molecule has 34 heavy (non-hydrogen) atoms. The number of hydrogen-bond donors (Lipinski definition) is 1. The third-order valence-electron chi connectivity index (χ3n) is 6.04. The smallest absolute Gasteiger partial charge is 0.336 e. The standard InChI is InChI=1S/C25H28N4O5/c1-16-19(24(31)34-14-12-27(2)15-17-9-6-5-7-10-17)20(18-11-8-13-33-18)21-22(26-16)28(3)25(32)29(4)23(21)30/h5-11,13,20,26H,12,14-15H2,1-4H3. The van der Waals surface area contributed by atoms with Crippen LogP contribution in [0.5, 0.6) is 0 Å². The van der Waals surface area contributed by atoms with E-state index >= 15 is 0 Å². The normalized spacial score (nSPS) is 15.3. The van der Waals surface area contributed by atoms with Gasteiger partial charge in [-0.15, -0.1) is 0 Å². The average molecular weight is 465 g/mol. The number of benzene rings is 1. The van der Waals surface area contributed by atoms with Crippen LogP contribution in [0, 0.1) is 0 Å². The Morgan fingerprint density at radius 1 is 1.12 bits per heavy atom. The Bertz CT molecular complexity index is 1340. The first-order valence-corrected chi connectivity index (χ1v) is 11.0. The second-order valence-electron chi connectivity index (χ2n) is 8.44. The third-order valence-corrected chi connectivity index (χ3v) is 6.04. The van der Waals surface area contributed by atoms with Crippen molar-refractivity contribution in [1.82, 2.24) is 14.0 Å². The first-order valence-electron chi connectivity index (χ1n) is 11.0. The van der Waals surface area contributed by atoms with Gasteiger partial charge in [0, 0.05) is 32.9 Å². The number of ether oxygens (including phenoxy) is 1. The summed E-state index contributed by atoms with van der Waals surface area (Å²) in [5, 5.41) is 3.07. The predicted molar refractivity (Wildman–Crippen MR) is 128 cm³/mol. The monoisotopic (exact) mass is 464 g/mol. The van der Waals surface area contributed by atoms with Gasteiger partial charge in [-0.2, -0.15) is 0 Å². The zero-order valence-electron chi connectivity index (χ0n) is 19.7. The lowest BCUT2D eigenvalue weighted by Crippen LogP contribution is -2.43. The molecule has 0 radical (unpaired) electrons. The van der Waals surface area contributed by atoms with Crippen LogP contribution in [0.15, 0.2) is 74.0 Å². The lowest BCUT2D eigenvalue weighted by molar-refractivity contribution is -0.139. The van der Waals surface area contributed by atoms with Gasteiger partial charge in [0.05, 0.1) is 23.3 Å². The van der Waals surface area contributed by atoms with E-state index in [2.05, 4.69) is 10.2 Å². The number of esters is 1. The number of anilines is 1. The molecule has 0 fully saturated rings. The average Bonchev–Trinajstić information content (AvgIpc) is 3.36. The molecule has 1 unspecified atom stereocenters. The Morgan fingerprint density at radius 2 is 1.85 bits per heavy atom. The third kappa shape index (κ3) is 4.34. The van der Waals surface area contributed by atoms with Gasteiger partial charge in [-0.25, -0.2) is 9.59 Å². The van der Waals surface area contributed by atoms with Crippen molar-refractivity contribution in [3.8, 4) is 0 Å². The molecular weight excluding hydrogens is 436 g/mol. The minimum atomic E-state index is -0.800. The molecule has 2 aromatic heterocycles. The summed E-state index contributed by atoms with van der Waals surface area (Å²) in [7, 11) is 4.95. The summed E-state index contributed by atoms with van der Waals surface area (Å²) in [6.07, 6.45) is 1.49. The Kier molecular flexibility index (Phi) is 6.56. The highest BCUT2D eigenvalue weighted by Crippen LogP contribution is 2.40. The minimum Gasteiger partial charge on any atom is -0.468 e. The summed E-state index contributed by atoms with van der Waals surface area (Å²) in [5.74, 6) is -0.579. The van der Waals surface area contributed by atoms with Crippen LogP contribution >= 0.6 is 0 Å². The van der Waals surface area contributed by atoms with Crippen LogP contribution in [0.2, 0.25) is 0 Å². The number of nitrogens with zero attached hydrogens (tertiary/aromatic N) is 3. The van der Waals surface area contributed by atoms with Gasteiger partial charge in [-0.05, 0) is 31.7 Å². The molecule has 9 nitrogen and oxygen atoms in total. The highest BCUT2D eigenvalue weighted by Gasteiger charge is 2.38. The lowest BCUT2D eigenvalue weighted by Gasteiger charge is -2.29. The van der Waals surface area contributed by atoms with Crippen LogP contribution in [-0.2, 0) is 30.2 Å². The highest BCUT2D eigenvalue weighted by molar-refractivity contribution is 5.94. The highest BCUT2D eigenvalue weighted by atomic mass is 16.5. The van der Waals surface area contributed by atoms with Crippen LogP contribution in [-0.4, -0.2) is 40.2 Å². The van der Waals surface area contributed by atoms with Crippen molar-refractivity contribution in [1.29, 1.82) is 0 Å². The van der Waals surface area contributed by atoms with Crippen LogP contribution < -0.4 is 16.6 Å². The molecule has 9 heteroatoms.